The molecule has 1 aromatic heterocycles. The topological polar surface area (TPSA) is 81.3 Å². The van der Waals surface area contributed by atoms with Crippen molar-refractivity contribution in [3.05, 3.63) is 17.5 Å². The van der Waals surface area contributed by atoms with E-state index in [1.807, 2.05) is 17.9 Å². The predicted octanol–water partition coefficient (Wildman–Crippen LogP) is 0.00850. The summed E-state index contributed by atoms with van der Waals surface area (Å²) in [5.74, 6) is 0.0696. The molecule has 1 aromatic rings. The molecule has 1 saturated carbocycles. The number of rotatable bonds is 5. The molecule has 1 saturated heterocycles. The molecule has 2 amide bonds. The van der Waals surface area contributed by atoms with Gasteiger partial charge in [0.1, 0.15) is 5.69 Å². The molecule has 2 heterocycles. The summed E-state index contributed by atoms with van der Waals surface area (Å²) >= 11 is 0. The van der Waals surface area contributed by atoms with Gasteiger partial charge in [0.15, 0.2) is 0 Å². The molecule has 2 N–H and O–H groups in total. The average molecular weight is 305 g/mol. The zero-order chi connectivity index (χ0) is 15.5. The maximum absolute atomic E-state index is 12.4. The van der Waals surface area contributed by atoms with E-state index in [4.69, 9.17) is 0 Å². The van der Waals surface area contributed by atoms with Crippen LogP contribution in [0.3, 0.4) is 0 Å². The first kappa shape index (κ1) is 15.0. The van der Waals surface area contributed by atoms with E-state index in [1.54, 1.807) is 0 Å². The second-order valence-electron chi connectivity index (χ2n) is 6.04. The van der Waals surface area contributed by atoms with Crippen LogP contribution < -0.4 is 5.32 Å². The smallest absolute Gasteiger partial charge is 0.274 e. The number of aryl methyl sites for hydroxylation is 1. The number of nitrogens with zero attached hydrogens (tertiary/aromatic N) is 3. The lowest BCUT2D eigenvalue weighted by Crippen LogP contribution is -2.51. The Bertz CT molecular complexity index is 544. The summed E-state index contributed by atoms with van der Waals surface area (Å²) < 4.78 is 0. The van der Waals surface area contributed by atoms with Gasteiger partial charge in [-0.2, -0.15) is 5.10 Å². The Balaban J connectivity index is 1.46. The van der Waals surface area contributed by atoms with Gasteiger partial charge in [-0.15, -0.1) is 0 Å². The molecular formula is C15H23N5O2. The normalized spacial score (nSPS) is 19.2. The Morgan fingerprint density at radius 3 is 2.64 bits per heavy atom. The molecule has 7 heteroatoms. The number of hydrogen-bond acceptors (Lipinski definition) is 4. The highest BCUT2D eigenvalue weighted by molar-refractivity contribution is 5.92. The minimum atomic E-state index is -0.0296. The highest BCUT2D eigenvalue weighted by Gasteiger charge is 2.27. The molecule has 2 aliphatic rings. The highest BCUT2D eigenvalue weighted by Crippen LogP contribution is 2.18. The Morgan fingerprint density at radius 2 is 2.05 bits per heavy atom. The van der Waals surface area contributed by atoms with E-state index < -0.39 is 0 Å². The molecule has 3 rings (SSSR count). The van der Waals surface area contributed by atoms with Crippen molar-refractivity contribution in [3.63, 3.8) is 0 Å². The van der Waals surface area contributed by atoms with Crippen LogP contribution in [0.1, 0.15) is 35.9 Å². The maximum atomic E-state index is 12.4. The predicted molar refractivity (Wildman–Crippen MR) is 81.5 cm³/mol. The zero-order valence-electron chi connectivity index (χ0n) is 13.0. The molecule has 22 heavy (non-hydrogen) atoms. The minimum Gasteiger partial charge on any atom is -0.352 e. The van der Waals surface area contributed by atoms with Crippen LogP contribution in [0.25, 0.3) is 0 Å². The second kappa shape index (κ2) is 6.48. The van der Waals surface area contributed by atoms with Crippen LogP contribution in [0.2, 0.25) is 0 Å². The van der Waals surface area contributed by atoms with Gasteiger partial charge in [-0.25, -0.2) is 0 Å². The summed E-state index contributed by atoms with van der Waals surface area (Å²) in [7, 11) is 0. The fourth-order valence-electron chi connectivity index (χ4n) is 2.63. The molecule has 1 aliphatic carbocycles. The Hall–Kier alpha value is -1.89. The summed E-state index contributed by atoms with van der Waals surface area (Å²) in [6, 6.07) is 2.22. The van der Waals surface area contributed by atoms with Gasteiger partial charge in [0, 0.05) is 37.9 Å². The van der Waals surface area contributed by atoms with Crippen molar-refractivity contribution >= 4 is 11.8 Å². The highest BCUT2D eigenvalue weighted by atomic mass is 16.2. The Labute approximate surface area is 130 Å². The van der Waals surface area contributed by atoms with E-state index in [1.165, 1.54) is 0 Å². The molecule has 0 unspecified atom stereocenters. The summed E-state index contributed by atoms with van der Waals surface area (Å²) in [5, 5.41) is 9.94. The Morgan fingerprint density at radius 1 is 1.32 bits per heavy atom. The summed E-state index contributed by atoms with van der Waals surface area (Å²) in [5.41, 5.74) is 1.45. The van der Waals surface area contributed by atoms with Gasteiger partial charge in [-0.1, -0.05) is 6.92 Å². The monoisotopic (exact) mass is 305 g/mol. The number of carbonyl (C=O) groups is 2. The molecule has 0 atom stereocenters. The fourth-order valence-corrected chi connectivity index (χ4v) is 2.63. The molecule has 0 aromatic carbocycles. The van der Waals surface area contributed by atoms with E-state index in [9.17, 15) is 9.59 Å². The van der Waals surface area contributed by atoms with Crippen molar-refractivity contribution in [2.45, 2.75) is 32.2 Å². The molecule has 0 bridgehead atoms. The number of aromatic nitrogens is 2. The van der Waals surface area contributed by atoms with Gasteiger partial charge in [-0.3, -0.25) is 19.6 Å². The molecule has 0 radical (unpaired) electrons. The van der Waals surface area contributed by atoms with Gasteiger partial charge < -0.3 is 10.2 Å². The van der Waals surface area contributed by atoms with Crippen LogP contribution in [0.5, 0.6) is 0 Å². The van der Waals surface area contributed by atoms with Gasteiger partial charge in [0.05, 0.1) is 6.54 Å². The number of nitrogens with one attached hydrogen (secondary N) is 2. The van der Waals surface area contributed by atoms with Gasteiger partial charge in [-0.05, 0) is 25.3 Å². The van der Waals surface area contributed by atoms with Gasteiger partial charge >= 0.3 is 0 Å². The van der Waals surface area contributed by atoms with Crippen LogP contribution in [0.15, 0.2) is 6.07 Å². The van der Waals surface area contributed by atoms with Crippen molar-refractivity contribution < 1.29 is 9.59 Å². The molecule has 2 fully saturated rings. The van der Waals surface area contributed by atoms with Crippen LogP contribution >= 0.6 is 0 Å². The molecule has 120 valence electrons. The third-order valence-corrected chi connectivity index (χ3v) is 4.20. The van der Waals surface area contributed by atoms with Crippen molar-refractivity contribution in [2.24, 2.45) is 0 Å². The van der Waals surface area contributed by atoms with E-state index in [0.29, 0.717) is 31.4 Å². The standard InChI is InChI=1S/C15H23N5O2/c1-2-11-9-13(18-17-11)15(22)20-7-5-19(6-8-20)10-14(21)16-12-3-4-12/h9,12H,2-8,10H2,1H3,(H,16,21)(H,17,18). The average Bonchev–Trinajstić information content (AvgIpc) is 3.20. The lowest BCUT2D eigenvalue weighted by molar-refractivity contribution is -0.122. The van der Waals surface area contributed by atoms with Crippen molar-refractivity contribution in [1.29, 1.82) is 0 Å². The van der Waals surface area contributed by atoms with Crippen molar-refractivity contribution in [3.8, 4) is 0 Å². The van der Waals surface area contributed by atoms with E-state index in [0.717, 1.165) is 38.0 Å². The van der Waals surface area contributed by atoms with Crippen molar-refractivity contribution in [1.82, 2.24) is 25.3 Å². The molecule has 1 aliphatic heterocycles. The third-order valence-electron chi connectivity index (χ3n) is 4.20. The number of H-pyrrole nitrogens is 1. The van der Waals surface area contributed by atoms with E-state index in [-0.39, 0.29) is 11.8 Å². The molecule has 0 spiro atoms. The first-order chi connectivity index (χ1) is 10.7. The van der Waals surface area contributed by atoms with E-state index >= 15 is 0 Å². The zero-order valence-corrected chi connectivity index (χ0v) is 13.0. The third kappa shape index (κ3) is 3.65. The fraction of sp³-hybridized carbons (Fsp3) is 0.667. The summed E-state index contributed by atoms with van der Waals surface area (Å²) in [4.78, 5) is 28.1. The lowest BCUT2D eigenvalue weighted by atomic mass is 10.2. The molecule has 7 nitrogen and oxygen atoms in total. The SMILES string of the molecule is CCc1cc(C(=O)N2CCN(CC(=O)NC3CC3)CC2)n[nH]1. The van der Waals surface area contributed by atoms with Crippen LogP contribution in [-0.2, 0) is 11.2 Å². The van der Waals surface area contributed by atoms with Crippen LogP contribution in [0, 0.1) is 0 Å². The largest absolute Gasteiger partial charge is 0.352 e. The van der Waals surface area contributed by atoms with Crippen molar-refractivity contribution in [2.75, 3.05) is 32.7 Å². The summed E-state index contributed by atoms with van der Waals surface area (Å²) in [6.45, 7) is 5.20. The van der Waals surface area contributed by atoms with Crippen LogP contribution in [0.4, 0.5) is 0 Å². The number of amides is 2. The number of carbonyl (C=O) groups excluding carboxylic acids is 2. The van der Waals surface area contributed by atoms with E-state index in [2.05, 4.69) is 20.4 Å². The van der Waals surface area contributed by atoms with Crippen LogP contribution in [-0.4, -0.2) is 70.6 Å². The molecular weight excluding hydrogens is 282 g/mol. The number of hydrogen-bond donors (Lipinski definition) is 2. The second-order valence-corrected chi connectivity index (χ2v) is 6.04. The minimum absolute atomic E-state index is 0.0296. The number of aromatic amines is 1. The Kier molecular flexibility index (Phi) is 4.42. The first-order valence-electron chi connectivity index (χ1n) is 8.01. The lowest BCUT2D eigenvalue weighted by Gasteiger charge is -2.33. The summed E-state index contributed by atoms with van der Waals surface area (Å²) in [6.07, 6.45) is 3.05. The van der Waals surface area contributed by atoms with Gasteiger partial charge in [0.25, 0.3) is 5.91 Å². The van der Waals surface area contributed by atoms with Gasteiger partial charge in [0.2, 0.25) is 5.91 Å². The quantitative estimate of drug-likeness (QED) is 0.803. The number of piperazine rings is 1. The maximum Gasteiger partial charge on any atom is 0.274 e. The first-order valence-corrected chi connectivity index (χ1v) is 8.01.